The van der Waals surface area contributed by atoms with Crippen LogP contribution in [0.4, 0.5) is 0 Å². The minimum Gasteiger partial charge on any atom is -0.493 e. The summed E-state index contributed by atoms with van der Waals surface area (Å²) < 4.78 is 5.64. The van der Waals surface area contributed by atoms with Gasteiger partial charge in [0.15, 0.2) is 0 Å². The predicted molar refractivity (Wildman–Crippen MR) is 91.3 cm³/mol. The number of benzene rings is 2. The van der Waals surface area contributed by atoms with Gasteiger partial charge in [-0.25, -0.2) is 0 Å². The number of thioether (sulfide) groups is 1. The number of carbonyl (C=O) groups is 1. The number of hydrogen-bond acceptors (Lipinski definition) is 3. The largest absolute Gasteiger partial charge is 0.493 e. The fourth-order valence-corrected chi connectivity index (χ4v) is 3.50. The van der Waals surface area contributed by atoms with Crippen molar-refractivity contribution in [2.75, 3.05) is 12.4 Å². The molecule has 2 N–H and O–H groups in total. The SMILES string of the molecule is O=C(O)CSc1ccc2[nH]c(-c3ccc4c(c3)OCC4)cc2c1. The van der Waals surface area contributed by atoms with Crippen LogP contribution >= 0.6 is 11.8 Å². The molecule has 116 valence electrons. The Morgan fingerprint density at radius 3 is 3.00 bits per heavy atom. The molecule has 0 saturated heterocycles. The summed E-state index contributed by atoms with van der Waals surface area (Å²) in [6.45, 7) is 0.760. The number of aliphatic carboxylic acids is 1. The summed E-state index contributed by atoms with van der Waals surface area (Å²) in [6.07, 6.45) is 0.979. The number of fused-ring (bicyclic) bond motifs is 2. The molecule has 0 radical (unpaired) electrons. The minimum absolute atomic E-state index is 0.0744. The van der Waals surface area contributed by atoms with Crippen LogP contribution in [0.2, 0.25) is 0 Å². The molecule has 5 heteroatoms. The maximum atomic E-state index is 10.7. The minimum atomic E-state index is -0.803. The fraction of sp³-hybridized carbons (Fsp3) is 0.167. The molecule has 0 unspecified atom stereocenters. The molecular weight excluding hydrogens is 310 g/mol. The standard InChI is InChI=1S/C18H15NO3S/c20-18(21)10-23-14-3-4-15-13(7-14)8-16(19-15)12-2-1-11-5-6-22-17(11)9-12/h1-4,7-9,19H,5-6,10H2,(H,20,21). The lowest BCUT2D eigenvalue weighted by Gasteiger charge is -2.02. The van der Waals surface area contributed by atoms with Crippen molar-refractivity contribution in [3.63, 3.8) is 0 Å². The second kappa shape index (κ2) is 5.66. The van der Waals surface area contributed by atoms with Gasteiger partial charge in [0.25, 0.3) is 0 Å². The molecule has 0 fully saturated rings. The molecule has 0 aliphatic carbocycles. The van der Waals surface area contributed by atoms with Crippen LogP contribution in [-0.2, 0) is 11.2 Å². The van der Waals surface area contributed by atoms with Crippen molar-refractivity contribution in [2.24, 2.45) is 0 Å². The molecule has 1 aliphatic heterocycles. The number of rotatable bonds is 4. The zero-order valence-electron chi connectivity index (χ0n) is 12.3. The van der Waals surface area contributed by atoms with E-state index in [9.17, 15) is 4.79 Å². The Balaban J connectivity index is 1.67. The Kier molecular flexibility index (Phi) is 3.50. The van der Waals surface area contributed by atoms with Crippen LogP contribution in [0.5, 0.6) is 5.75 Å². The summed E-state index contributed by atoms with van der Waals surface area (Å²) in [4.78, 5) is 15.1. The molecule has 0 amide bonds. The van der Waals surface area contributed by atoms with E-state index in [2.05, 4.69) is 29.2 Å². The van der Waals surface area contributed by atoms with Crippen molar-refractivity contribution >= 4 is 28.6 Å². The molecule has 4 rings (SSSR count). The van der Waals surface area contributed by atoms with Gasteiger partial charge < -0.3 is 14.8 Å². The zero-order chi connectivity index (χ0) is 15.8. The fourth-order valence-electron chi connectivity index (χ4n) is 2.84. The summed E-state index contributed by atoms with van der Waals surface area (Å²) in [6, 6.07) is 14.4. The molecule has 0 atom stereocenters. The van der Waals surface area contributed by atoms with Crippen LogP contribution in [0.1, 0.15) is 5.56 Å². The van der Waals surface area contributed by atoms with Gasteiger partial charge in [0, 0.05) is 33.5 Å². The van der Waals surface area contributed by atoms with E-state index < -0.39 is 5.97 Å². The van der Waals surface area contributed by atoms with Crippen molar-refractivity contribution in [2.45, 2.75) is 11.3 Å². The Labute approximate surface area is 137 Å². The van der Waals surface area contributed by atoms with E-state index in [0.29, 0.717) is 0 Å². The Hall–Kier alpha value is -2.40. The molecule has 1 aliphatic rings. The Morgan fingerprint density at radius 2 is 2.13 bits per heavy atom. The van der Waals surface area contributed by atoms with Gasteiger partial charge in [0.1, 0.15) is 5.75 Å². The predicted octanol–water partition coefficient (Wildman–Crippen LogP) is 3.95. The summed E-state index contributed by atoms with van der Waals surface area (Å²) in [5.74, 6) is 0.243. The monoisotopic (exact) mass is 325 g/mol. The smallest absolute Gasteiger partial charge is 0.313 e. The zero-order valence-corrected chi connectivity index (χ0v) is 13.2. The van der Waals surface area contributed by atoms with Crippen LogP contribution in [-0.4, -0.2) is 28.4 Å². The average molecular weight is 325 g/mol. The highest BCUT2D eigenvalue weighted by molar-refractivity contribution is 8.00. The quantitative estimate of drug-likeness (QED) is 0.713. The van der Waals surface area contributed by atoms with Gasteiger partial charge in [-0.3, -0.25) is 4.79 Å². The molecule has 3 aromatic rings. The molecule has 1 aromatic heterocycles. The third-order valence-electron chi connectivity index (χ3n) is 3.96. The highest BCUT2D eigenvalue weighted by Gasteiger charge is 2.13. The van der Waals surface area contributed by atoms with Gasteiger partial charge >= 0.3 is 5.97 Å². The van der Waals surface area contributed by atoms with Crippen LogP contribution in [0.25, 0.3) is 22.2 Å². The number of carboxylic acids is 1. The lowest BCUT2D eigenvalue weighted by atomic mass is 10.1. The summed E-state index contributed by atoms with van der Waals surface area (Å²) in [7, 11) is 0. The normalized spacial score (nSPS) is 13.0. The highest BCUT2D eigenvalue weighted by atomic mass is 32.2. The van der Waals surface area contributed by atoms with Crippen LogP contribution < -0.4 is 4.74 Å². The second-order valence-corrected chi connectivity index (χ2v) is 6.58. The first-order valence-electron chi connectivity index (χ1n) is 7.42. The van der Waals surface area contributed by atoms with E-state index in [1.807, 2.05) is 18.2 Å². The van der Waals surface area contributed by atoms with Crippen LogP contribution in [0, 0.1) is 0 Å². The topological polar surface area (TPSA) is 62.3 Å². The van der Waals surface area contributed by atoms with Crippen molar-refractivity contribution < 1.29 is 14.6 Å². The molecule has 0 saturated carbocycles. The number of aromatic amines is 1. The Bertz CT molecular complexity index is 900. The van der Waals surface area contributed by atoms with Gasteiger partial charge in [-0.1, -0.05) is 12.1 Å². The van der Waals surface area contributed by atoms with Gasteiger partial charge in [0.2, 0.25) is 0 Å². The first-order chi connectivity index (χ1) is 11.2. The van der Waals surface area contributed by atoms with Gasteiger partial charge in [-0.05, 0) is 35.9 Å². The lowest BCUT2D eigenvalue weighted by molar-refractivity contribution is -0.133. The second-order valence-electron chi connectivity index (χ2n) is 5.54. The van der Waals surface area contributed by atoms with Crippen LogP contribution in [0.3, 0.4) is 0 Å². The summed E-state index contributed by atoms with van der Waals surface area (Å²) in [5.41, 5.74) is 4.44. The van der Waals surface area contributed by atoms with Crippen molar-refractivity contribution in [1.29, 1.82) is 0 Å². The van der Waals surface area contributed by atoms with E-state index >= 15 is 0 Å². The molecule has 2 heterocycles. The summed E-state index contributed by atoms with van der Waals surface area (Å²) >= 11 is 1.33. The average Bonchev–Trinajstić information content (AvgIpc) is 3.17. The highest BCUT2D eigenvalue weighted by Crippen LogP contribution is 2.33. The van der Waals surface area contributed by atoms with Crippen LogP contribution in [0.15, 0.2) is 47.4 Å². The molecular formula is C18H15NO3S. The van der Waals surface area contributed by atoms with E-state index in [1.165, 1.54) is 17.3 Å². The van der Waals surface area contributed by atoms with Crippen molar-refractivity contribution in [3.05, 3.63) is 48.0 Å². The first-order valence-corrected chi connectivity index (χ1v) is 8.41. The van der Waals surface area contributed by atoms with Gasteiger partial charge in [-0.15, -0.1) is 11.8 Å². The summed E-state index contributed by atoms with van der Waals surface area (Å²) in [5, 5.41) is 9.86. The number of ether oxygens (including phenoxy) is 1. The lowest BCUT2D eigenvalue weighted by Crippen LogP contribution is -1.97. The van der Waals surface area contributed by atoms with E-state index in [0.717, 1.165) is 45.8 Å². The third kappa shape index (κ3) is 2.80. The number of hydrogen-bond donors (Lipinski definition) is 2. The molecule has 0 bridgehead atoms. The van der Waals surface area contributed by atoms with Gasteiger partial charge in [-0.2, -0.15) is 0 Å². The van der Waals surface area contributed by atoms with Crippen molar-refractivity contribution in [1.82, 2.24) is 4.98 Å². The van der Waals surface area contributed by atoms with E-state index in [-0.39, 0.29) is 5.75 Å². The number of aromatic nitrogens is 1. The van der Waals surface area contributed by atoms with E-state index in [4.69, 9.17) is 9.84 Å². The molecule has 0 spiro atoms. The van der Waals surface area contributed by atoms with E-state index in [1.54, 1.807) is 0 Å². The molecule has 2 aromatic carbocycles. The maximum absolute atomic E-state index is 10.7. The van der Waals surface area contributed by atoms with Crippen molar-refractivity contribution in [3.8, 4) is 17.0 Å². The molecule has 23 heavy (non-hydrogen) atoms. The first kappa shape index (κ1) is 14.2. The number of carboxylic acid groups (broad SMARTS) is 1. The number of nitrogens with one attached hydrogen (secondary N) is 1. The Morgan fingerprint density at radius 1 is 1.22 bits per heavy atom. The maximum Gasteiger partial charge on any atom is 0.313 e. The molecule has 4 nitrogen and oxygen atoms in total. The third-order valence-corrected chi connectivity index (χ3v) is 4.94. The number of H-pyrrole nitrogens is 1. The van der Waals surface area contributed by atoms with Gasteiger partial charge in [0.05, 0.1) is 12.4 Å².